The Labute approximate surface area is 88.3 Å². The first-order valence-electron chi connectivity index (χ1n) is 4.39. The van der Waals surface area contributed by atoms with E-state index in [2.05, 4.69) is 11.5 Å². The summed E-state index contributed by atoms with van der Waals surface area (Å²) in [4.78, 5) is 6.45. The number of hydrogen-bond acceptors (Lipinski definition) is 4. The van der Waals surface area contributed by atoms with Crippen molar-refractivity contribution < 1.29 is 4.84 Å². The Morgan fingerprint density at radius 1 is 1.57 bits per heavy atom. The second-order valence-electron chi connectivity index (χ2n) is 3.95. The fourth-order valence-corrected chi connectivity index (χ4v) is 1.59. The predicted molar refractivity (Wildman–Crippen MR) is 56.7 cm³/mol. The highest BCUT2D eigenvalue weighted by molar-refractivity contribution is 7.10. The molecule has 0 saturated carbocycles. The number of hydroxylamine groups is 1. The molecule has 3 nitrogen and oxygen atoms in total. The normalized spacial score (nSPS) is 11.3. The van der Waals surface area contributed by atoms with Crippen molar-refractivity contribution in [1.82, 2.24) is 5.48 Å². The van der Waals surface area contributed by atoms with Gasteiger partial charge in [-0.2, -0.15) is 10.7 Å². The molecule has 0 atom stereocenters. The third kappa shape index (κ3) is 3.88. The molecule has 0 radical (unpaired) electrons. The minimum Gasteiger partial charge on any atom is -0.296 e. The minimum absolute atomic E-state index is 0.185. The maximum Gasteiger partial charge on any atom is 0.100 e. The van der Waals surface area contributed by atoms with Gasteiger partial charge in [0, 0.05) is 10.3 Å². The molecule has 1 N–H and O–H groups in total. The van der Waals surface area contributed by atoms with Gasteiger partial charge in [-0.15, -0.1) is 11.3 Å². The van der Waals surface area contributed by atoms with Crippen molar-refractivity contribution in [2.75, 3.05) is 0 Å². The van der Waals surface area contributed by atoms with Crippen LogP contribution in [0.25, 0.3) is 0 Å². The molecule has 14 heavy (non-hydrogen) atoms. The van der Waals surface area contributed by atoms with Crippen LogP contribution in [-0.4, -0.2) is 5.60 Å². The summed E-state index contributed by atoms with van der Waals surface area (Å²) < 4.78 is 0. The van der Waals surface area contributed by atoms with Crippen LogP contribution in [0.5, 0.6) is 0 Å². The van der Waals surface area contributed by atoms with Gasteiger partial charge in [-0.25, -0.2) is 0 Å². The van der Waals surface area contributed by atoms with Crippen LogP contribution in [0.1, 0.15) is 31.2 Å². The topological polar surface area (TPSA) is 45.0 Å². The van der Waals surface area contributed by atoms with Crippen LogP contribution < -0.4 is 5.48 Å². The summed E-state index contributed by atoms with van der Waals surface area (Å²) in [6, 6.07) is 3.96. The molecule has 0 fully saturated rings. The summed E-state index contributed by atoms with van der Waals surface area (Å²) in [7, 11) is 0. The summed E-state index contributed by atoms with van der Waals surface area (Å²) in [5, 5.41) is 10.5. The van der Waals surface area contributed by atoms with E-state index in [1.54, 1.807) is 11.3 Å². The van der Waals surface area contributed by atoms with Gasteiger partial charge in [0.2, 0.25) is 0 Å². The molecule has 1 rings (SSSR count). The largest absolute Gasteiger partial charge is 0.296 e. The first-order chi connectivity index (χ1) is 6.51. The van der Waals surface area contributed by atoms with Gasteiger partial charge in [-0.1, -0.05) is 0 Å². The lowest BCUT2D eigenvalue weighted by Gasteiger charge is -2.18. The van der Waals surface area contributed by atoms with Crippen LogP contribution in [0.15, 0.2) is 11.4 Å². The number of hydrogen-bond donors (Lipinski definition) is 1. The van der Waals surface area contributed by atoms with E-state index in [9.17, 15) is 0 Å². The van der Waals surface area contributed by atoms with Crippen molar-refractivity contribution in [2.24, 2.45) is 0 Å². The van der Waals surface area contributed by atoms with Gasteiger partial charge < -0.3 is 0 Å². The molecule has 0 aliphatic carbocycles. The summed E-state index contributed by atoms with van der Waals surface area (Å²) in [5.41, 5.74) is 3.41. The fraction of sp³-hybridized carbons (Fsp3) is 0.500. The lowest BCUT2D eigenvalue weighted by molar-refractivity contribution is -0.0754. The first-order valence-corrected chi connectivity index (χ1v) is 5.27. The average molecular weight is 210 g/mol. The molecule has 0 unspecified atom stereocenters. The first kappa shape index (κ1) is 11.2. The van der Waals surface area contributed by atoms with Gasteiger partial charge in [-0.3, -0.25) is 4.84 Å². The quantitative estimate of drug-likeness (QED) is 0.779. The van der Waals surface area contributed by atoms with E-state index in [-0.39, 0.29) is 5.60 Å². The maximum atomic E-state index is 8.61. The zero-order chi connectivity index (χ0) is 10.6. The van der Waals surface area contributed by atoms with E-state index in [0.717, 1.165) is 4.88 Å². The summed E-state index contributed by atoms with van der Waals surface area (Å²) >= 11 is 1.56. The number of nitrogens with one attached hydrogen (secondary N) is 1. The third-order valence-electron chi connectivity index (χ3n) is 1.41. The molecule has 76 valence electrons. The van der Waals surface area contributed by atoms with Crippen LogP contribution in [0.2, 0.25) is 0 Å². The van der Waals surface area contributed by atoms with Gasteiger partial charge >= 0.3 is 0 Å². The fourth-order valence-electron chi connectivity index (χ4n) is 0.856. The SMILES string of the molecule is CC(C)(C)ONCc1cc(C#N)cs1. The van der Waals surface area contributed by atoms with Gasteiger partial charge in [-0.05, 0) is 26.8 Å². The van der Waals surface area contributed by atoms with E-state index in [4.69, 9.17) is 10.1 Å². The molecular weight excluding hydrogens is 196 g/mol. The van der Waals surface area contributed by atoms with E-state index >= 15 is 0 Å². The summed E-state index contributed by atoms with van der Waals surface area (Å²) in [6.45, 7) is 6.59. The highest BCUT2D eigenvalue weighted by Gasteiger charge is 2.10. The third-order valence-corrected chi connectivity index (χ3v) is 2.34. The molecule has 0 aliphatic heterocycles. The molecule has 1 heterocycles. The Kier molecular flexibility index (Phi) is 3.64. The lowest BCUT2D eigenvalue weighted by Crippen LogP contribution is -2.28. The molecule has 1 aromatic rings. The molecule has 0 bridgehead atoms. The summed E-state index contributed by atoms with van der Waals surface area (Å²) in [5.74, 6) is 0. The molecule has 1 aromatic heterocycles. The Bertz CT molecular complexity index is 333. The van der Waals surface area contributed by atoms with Gasteiger partial charge in [0.25, 0.3) is 0 Å². The molecule has 0 spiro atoms. The Morgan fingerprint density at radius 2 is 2.29 bits per heavy atom. The summed E-state index contributed by atoms with van der Waals surface area (Å²) in [6.07, 6.45) is 0. The molecule has 0 aromatic carbocycles. The van der Waals surface area contributed by atoms with Crippen LogP contribution in [-0.2, 0) is 11.4 Å². The van der Waals surface area contributed by atoms with Crippen molar-refractivity contribution in [3.8, 4) is 6.07 Å². The molecule has 0 saturated heterocycles. The second kappa shape index (κ2) is 4.56. The maximum absolute atomic E-state index is 8.61. The van der Waals surface area contributed by atoms with E-state index in [1.807, 2.05) is 32.2 Å². The Morgan fingerprint density at radius 3 is 2.79 bits per heavy atom. The Hall–Kier alpha value is -0.890. The number of rotatable bonds is 3. The van der Waals surface area contributed by atoms with Crippen LogP contribution >= 0.6 is 11.3 Å². The van der Waals surface area contributed by atoms with Crippen molar-refractivity contribution in [3.05, 3.63) is 21.9 Å². The number of nitriles is 1. The molecular formula is C10H14N2OS. The van der Waals surface area contributed by atoms with Crippen molar-refractivity contribution in [1.29, 1.82) is 5.26 Å². The standard InChI is InChI=1S/C10H14N2OS/c1-10(2,3)13-12-6-9-4-8(5-11)7-14-9/h4,7,12H,6H2,1-3H3. The Balaban J connectivity index is 2.36. The van der Waals surface area contributed by atoms with Gasteiger partial charge in [0.15, 0.2) is 0 Å². The zero-order valence-electron chi connectivity index (χ0n) is 8.63. The van der Waals surface area contributed by atoms with E-state index in [1.165, 1.54) is 0 Å². The van der Waals surface area contributed by atoms with Crippen LogP contribution in [0.4, 0.5) is 0 Å². The van der Waals surface area contributed by atoms with Crippen LogP contribution in [0, 0.1) is 11.3 Å². The highest BCUT2D eigenvalue weighted by atomic mass is 32.1. The highest BCUT2D eigenvalue weighted by Crippen LogP contribution is 2.14. The van der Waals surface area contributed by atoms with Crippen molar-refractivity contribution >= 4 is 11.3 Å². The zero-order valence-corrected chi connectivity index (χ0v) is 9.44. The lowest BCUT2D eigenvalue weighted by atomic mass is 10.2. The molecule has 0 amide bonds. The molecule has 4 heteroatoms. The average Bonchev–Trinajstić information content (AvgIpc) is 2.50. The monoisotopic (exact) mass is 210 g/mol. The van der Waals surface area contributed by atoms with Gasteiger partial charge in [0.1, 0.15) is 6.07 Å². The smallest absolute Gasteiger partial charge is 0.100 e. The van der Waals surface area contributed by atoms with Crippen LogP contribution in [0.3, 0.4) is 0 Å². The minimum atomic E-state index is -0.185. The van der Waals surface area contributed by atoms with E-state index in [0.29, 0.717) is 12.1 Å². The predicted octanol–water partition coefficient (Wildman–Crippen LogP) is 2.44. The number of nitrogens with zero attached hydrogens (tertiary/aromatic N) is 1. The van der Waals surface area contributed by atoms with E-state index < -0.39 is 0 Å². The van der Waals surface area contributed by atoms with Gasteiger partial charge in [0.05, 0.1) is 17.7 Å². The number of thiophene rings is 1. The van der Waals surface area contributed by atoms with Crippen molar-refractivity contribution in [3.63, 3.8) is 0 Å². The molecule has 0 aliphatic rings. The second-order valence-corrected chi connectivity index (χ2v) is 4.94. The van der Waals surface area contributed by atoms with Crippen molar-refractivity contribution in [2.45, 2.75) is 32.9 Å².